The van der Waals surface area contributed by atoms with Gasteiger partial charge in [0.15, 0.2) is 5.75 Å². The lowest BCUT2D eigenvalue weighted by molar-refractivity contribution is 0.411. The maximum Gasteiger partial charge on any atom is 0.222 e. The fraction of sp³-hybridized carbons (Fsp3) is 0.636. The number of unbranched alkanes of at least 4 members (excludes halogenated alkanes) is 3. The van der Waals surface area contributed by atoms with Gasteiger partial charge in [0.25, 0.3) is 0 Å². The van der Waals surface area contributed by atoms with Gasteiger partial charge in [0.05, 0.1) is 19.5 Å². The summed E-state index contributed by atoms with van der Waals surface area (Å²) in [5.74, 6) is 1.36. The molecule has 0 saturated carbocycles. The van der Waals surface area contributed by atoms with Gasteiger partial charge in [-0.3, -0.25) is 0 Å². The van der Waals surface area contributed by atoms with E-state index in [-0.39, 0.29) is 0 Å². The van der Waals surface area contributed by atoms with Crippen LogP contribution in [0.3, 0.4) is 0 Å². The largest absolute Gasteiger partial charge is 0.494 e. The van der Waals surface area contributed by atoms with Crippen LogP contribution < -0.4 is 10.1 Å². The molecule has 4 nitrogen and oxygen atoms in total. The molecule has 84 valence electrons. The Labute approximate surface area is 91.1 Å². The molecule has 0 unspecified atom stereocenters. The van der Waals surface area contributed by atoms with Gasteiger partial charge < -0.3 is 10.1 Å². The van der Waals surface area contributed by atoms with E-state index in [1.54, 1.807) is 19.5 Å². The van der Waals surface area contributed by atoms with Crippen molar-refractivity contribution in [3.05, 3.63) is 12.4 Å². The van der Waals surface area contributed by atoms with Gasteiger partial charge in [-0.15, -0.1) is 0 Å². The minimum atomic E-state index is 0.673. The van der Waals surface area contributed by atoms with Gasteiger partial charge >= 0.3 is 0 Å². The zero-order valence-electron chi connectivity index (χ0n) is 9.49. The van der Waals surface area contributed by atoms with Crippen molar-refractivity contribution in [3.63, 3.8) is 0 Å². The van der Waals surface area contributed by atoms with Crippen LogP contribution in [-0.2, 0) is 0 Å². The molecule has 0 spiro atoms. The van der Waals surface area contributed by atoms with E-state index in [1.165, 1.54) is 25.7 Å². The van der Waals surface area contributed by atoms with Crippen molar-refractivity contribution in [1.29, 1.82) is 0 Å². The summed E-state index contributed by atoms with van der Waals surface area (Å²) in [4.78, 5) is 8.24. The number of rotatable bonds is 7. The van der Waals surface area contributed by atoms with Gasteiger partial charge in [-0.2, -0.15) is 0 Å². The first-order valence-electron chi connectivity index (χ1n) is 5.46. The predicted molar refractivity (Wildman–Crippen MR) is 61.2 cm³/mol. The van der Waals surface area contributed by atoms with E-state index in [0.29, 0.717) is 11.7 Å². The highest BCUT2D eigenvalue weighted by Crippen LogP contribution is 2.07. The smallest absolute Gasteiger partial charge is 0.222 e. The van der Waals surface area contributed by atoms with E-state index in [4.69, 9.17) is 4.74 Å². The van der Waals surface area contributed by atoms with Crippen LogP contribution in [0.25, 0.3) is 0 Å². The van der Waals surface area contributed by atoms with Crippen molar-refractivity contribution in [1.82, 2.24) is 9.97 Å². The molecule has 0 aliphatic rings. The van der Waals surface area contributed by atoms with Crippen molar-refractivity contribution in [3.8, 4) is 5.75 Å². The second kappa shape index (κ2) is 7.04. The first kappa shape index (κ1) is 11.8. The molecule has 1 rings (SSSR count). The van der Waals surface area contributed by atoms with Crippen molar-refractivity contribution < 1.29 is 4.74 Å². The SMILES string of the molecule is CCCCCCNc1ncc(OC)cn1. The maximum atomic E-state index is 4.97. The highest BCUT2D eigenvalue weighted by Gasteiger charge is 1.95. The Hall–Kier alpha value is -1.32. The van der Waals surface area contributed by atoms with E-state index in [1.807, 2.05) is 0 Å². The molecule has 0 bridgehead atoms. The molecule has 0 aliphatic carbocycles. The molecule has 1 aromatic rings. The minimum Gasteiger partial charge on any atom is -0.494 e. The Morgan fingerprint density at radius 3 is 2.53 bits per heavy atom. The molecule has 0 fully saturated rings. The lowest BCUT2D eigenvalue weighted by Crippen LogP contribution is -2.05. The molecule has 1 heterocycles. The number of nitrogens with one attached hydrogen (secondary N) is 1. The second-order valence-electron chi connectivity index (χ2n) is 3.43. The third kappa shape index (κ3) is 4.63. The molecule has 1 aromatic heterocycles. The van der Waals surface area contributed by atoms with E-state index in [0.717, 1.165) is 6.54 Å². The third-order valence-corrected chi connectivity index (χ3v) is 2.18. The highest BCUT2D eigenvalue weighted by atomic mass is 16.5. The summed E-state index contributed by atoms with van der Waals surface area (Å²) >= 11 is 0. The second-order valence-corrected chi connectivity index (χ2v) is 3.43. The number of anilines is 1. The molecule has 0 radical (unpaired) electrons. The first-order chi connectivity index (χ1) is 7.36. The number of hydrogen-bond acceptors (Lipinski definition) is 4. The Kier molecular flexibility index (Phi) is 5.51. The molecular formula is C11H19N3O. The van der Waals surface area contributed by atoms with Crippen LogP contribution in [-0.4, -0.2) is 23.6 Å². The van der Waals surface area contributed by atoms with Crippen LogP contribution in [0.15, 0.2) is 12.4 Å². The monoisotopic (exact) mass is 209 g/mol. The number of methoxy groups -OCH3 is 1. The van der Waals surface area contributed by atoms with Crippen molar-refractivity contribution in [2.75, 3.05) is 19.0 Å². The Morgan fingerprint density at radius 1 is 1.20 bits per heavy atom. The van der Waals surface area contributed by atoms with Crippen LogP contribution in [0.2, 0.25) is 0 Å². The number of ether oxygens (including phenoxy) is 1. The lowest BCUT2D eigenvalue weighted by Gasteiger charge is -2.04. The predicted octanol–water partition coefficient (Wildman–Crippen LogP) is 2.48. The number of nitrogens with zero attached hydrogens (tertiary/aromatic N) is 2. The summed E-state index contributed by atoms with van der Waals surface area (Å²) in [7, 11) is 1.61. The zero-order chi connectivity index (χ0) is 10.9. The fourth-order valence-electron chi connectivity index (χ4n) is 1.26. The molecule has 0 atom stereocenters. The van der Waals surface area contributed by atoms with Crippen molar-refractivity contribution >= 4 is 5.95 Å². The van der Waals surface area contributed by atoms with Gasteiger partial charge in [-0.05, 0) is 6.42 Å². The molecule has 1 N–H and O–H groups in total. The molecular weight excluding hydrogens is 190 g/mol. The summed E-state index contributed by atoms with van der Waals surface area (Å²) in [6, 6.07) is 0. The summed E-state index contributed by atoms with van der Waals surface area (Å²) in [6.07, 6.45) is 8.33. The fourth-order valence-corrected chi connectivity index (χ4v) is 1.26. The van der Waals surface area contributed by atoms with Crippen LogP contribution in [0.1, 0.15) is 32.6 Å². The van der Waals surface area contributed by atoms with Crippen LogP contribution >= 0.6 is 0 Å². The summed E-state index contributed by atoms with van der Waals surface area (Å²) in [5, 5.41) is 3.18. The molecule has 4 heteroatoms. The summed E-state index contributed by atoms with van der Waals surface area (Å²) in [5.41, 5.74) is 0. The zero-order valence-corrected chi connectivity index (χ0v) is 9.49. The maximum absolute atomic E-state index is 4.97. The van der Waals surface area contributed by atoms with Crippen LogP contribution in [0.4, 0.5) is 5.95 Å². The molecule has 0 aromatic carbocycles. The van der Waals surface area contributed by atoms with E-state index >= 15 is 0 Å². The summed E-state index contributed by atoms with van der Waals surface area (Å²) in [6.45, 7) is 3.15. The minimum absolute atomic E-state index is 0.673. The third-order valence-electron chi connectivity index (χ3n) is 2.18. The van der Waals surface area contributed by atoms with Gasteiger partial charge in [0.1, 0.15) is 0 Å². The quantitative estimate of drug-likeness (QED) is 0.701. The van der Waals surface area contributed by atoms with E-state index < -0.39 is 0 Å². The van der Waals surface area contributed by atoms with E-state index in [2.05, 4.69) is 22.2 Å². The van der Waals surface area contributed by atoms with Gasteiger partial charge in [-0.25, -0.2) is 9.97 Å². The van der Waals surface area contributed by atoms with E-state index in [9.17, 15) is 0 Å². The van der Waals surface area contributed by atoms with Crippen molar-refractivity contribution in [2.45, 2.75) is 32.6 Å². The van der Waals surface area contributed by atoms with Gasteiger partial charge in [0.2, 0.25) is 5.95 Å². The highest BCUT2D eigenvalue weighted by molar-refractivity contribution is 5.26. The Bertz CT molecular complexity index is 261. The lowest BCUT2D eigenvalue weighted by atomic mass is 10.2. The molecule has 0 aliphatic heterocycles. The van der Waals surface area contributed by atoms with Gasteiger partial charge in [-0.1, -0.05) is 26.2 Å². The molecule has 0 saturated heterocycles. The topological polar surface area (TPSA) is 47.0 Å². The standard InChI is InChI=1S/C11H19N3O/c1-3-4-5-6-7-12-11-13-8-10(15-2)9-14-11/h8-9H,3-7H2,1-2H3,(H,12,13,14). The van der Waals surface area contributed by atoms with Crippen LogP contribution in [0, 0.1) is 0 Å². The Balaban J connectivity index is 2.20. The average molecular weight is 209 g/mol. The number of aromatic nitrogens is 2. The summed E-state index contributed by atoms with van der Waals surface area (Å²) < 4.78 is 4.97. The van der Waals surface area contributed by atoms with Gasteiger partial charge in [0, 0.05) is 6.54 Å². The molecule has 15 heavy (non-hydrogen) atoms. The normalized spacial score (nSPS) is 10.0. The first-order valence-corrected chi connectivity index (χ1v) is 5.46. The molecule has 0 amide bonds. The number of hydrogen-bond donors (Lipinski definition) is 1. The Morgan fingerprint density at radius 2 is 1.93 bits per heavy atom. The average Bonchev–Trinajstić information content (AvgIpc) is 2.30. The van der Waals surface area contributed by atoms with Crippen molar-refractivity contribution in [2.24, 2.45) is 0 Å². The van der Waals surface area contributed by atoms with Crippen LogP contribution in [0.5, 0.6) is 5.75 Å².